The molecule has 0 unspecified atom stereocenters. The molecule has 1 heterocycles. The average molecular weight is 397 g/mol. The number of Topliss-reactive ketones (excluding diaryl/α,β-unsaturated/α-hetero) is 1. The first-order valence-corrected chi connectivity index (χ1v) is 8.42. The third-order valence-electron chi connectivity index (χ3n) is 3.63. The van der Waals surface area contributed by atoms with Crippen LogP contribution in [0.25, 0.3) is 0 Å². The lowest BCUT2D eigenvalue weighted by Crippen LogP contribution is -2.18. The fourth-order valence-electron chi connectivity index (χ4n) is 2.07. The maximum atomic E-state index is 10.8. The molecule has 0 fully saturated rings. The van der Waals surface area contributed by atoms with Crippen LogP contribution >= 0.6 is 0 Å². The van der Waals surface area contributed by atoms with Gasteiger partial charge in [0, 0.05) is 6.92 Å². The van der Waals surface area contributed by atoms with Crippen molar-refractivity contribution in [2.75, 3.05) is 0 Å². The van der Waals surface area contributed by atoms with E-state index in [4.69, 9.17) is 9.84 Å². The van der Waals surface area contributed by atoms with Crippen LogP contribution in [0.15, 0.2) is 42.6 Å². The molecular weight excluding hydrogens is 375 g/mol. The number of benzene rings is 1. The summed E-state index contributed by atoms with van der Waals surface area (Å²) in [6, 6.07) is 11.3. The molecule has 152 valence electrons. The minimum atomic E-state index is -4.64. The van der Waals surface area contributed by atoms with Gasteiger partial charge in [-0.25, -0.2) is 9.78 Å². The summed E-state index contributed by atoms with van der Waals surface area (Å²) < 4.78 is 38.5. The smallest absolute Gasteiger partial charge is 0.449 e. The Bertz CT molecular complexity index is 785. The van der Waals surface area contributed by atoms with E-state index >= 15 is 0 Å². The minimum Gasteiger partial charge on any atom is -0.484 e. The molecule has 0 bridgehead atoms. The minimum absolute atomic E-state index is 0.0128. The number of carbonyl (C=O) groups is 2. The van der Waals surface area contributed by atoms with Gasteiger partial charge in [-0.2, -0.15) is 13.2 Å². The molecule has 0 amide bonds. The number of hydrogen-bond acceptors (Lipinski definition) is 4. The first kappa shape index (κ1) is 23.1. The number of rotatable bonds is 5. The van der Waals surface area contributed by atoms with E-state index in [2.05, 4.69) is 43.1 Å². The number of aryl methyl sites for hydroxylation is 1. The van der Waals surface area contributed by atoms with Gasteiger partial charge in [0.1, 0.15) is 17.5 Å². The Morgan fingerprint density at radius 2 is 1.61 bits per heavy atom. The fraction of sp³-hybridized carbons (Fsp3) is 0.350. The molecular formula is C20H22F3NO4. The predicted molar refractivity (Wildman–Crippen MR) is 97.3 cm³/mol. The van der Waals surface area contributed by atoms with Crippen LogP contribution in [0.2, 0.25) is 0 Å². The molecule has 0 saturated carbocycles. The Hall–Kier alpha value is -2.90. The van der Waals surface area contributed by atoms with Gasteiger partial charge in [-0.1, -0.05) is 43.7 Å². The number of carbonyl (C=O) groups excluding carboxylic acids is 1. The van der Waals surface area contributed by atoms with Crippen LogP contribution in [-0.4, -0.2) is 28.0 Å². The summed E-state index contributed by atoms with van der Waals surface area (Å²) in [4.78, 5) is 24.0. The lowest BCUT2D eigenvalue weighted by atomic mass is 9.98. The van der Waals surface area contributed by atoms with Crippen molar-refractivity contribution < 1.29 is 32.6 Å². The number of halogens is 3. The highest BCUT2D eigenvalue weighted by Crippen LogP contribution is 2.28. The van der Waals surface area contributed by atoms with Crippen molar-refractivity contribution in [3.63, 3.8) is 0 Å². The highest BCUT2D eigenvalue weighted by molar-refractivity contribution is 5.85. The summed E-state index contributed by atoms with van der Waals surface area (Å²) in [7, 11) is 0. The van der Waals surface area contributed by atoms with Crippen molar-refractivity contribution in [3.8, 4) is 5.75 Å². The second-order valence-electron chi connectivity index (χ2n) is 6.43. The summed E-state index contributed by atoms with van der Waals surface area (Å²) in [5, 5.41) is 8.85. The molecule has 0 aliphatic carbocycles. The number of alkyl halides is 3. The summed E-state index contributed by atoms with van der Waals surface area (Å²) in [6.45, 7) is 6.71. The van der Waals surface area contributed by atoms with Crippen molar-refractivity contribution in [3.05, 3.63) is 59.4 Å². The predicted octanol–water partition coefficient (Wildman–Crippen LogP) is 5.00. The van der Waals surface area contributed by atoms with Gasteiger partial charge in [0.15, 0.2) is 0 Å². The van der Waals surface area contributed by atoms with E-state index in [-0.39, 0.29) is 17.7 Å². The first-order chi connectivity index (χ1) is 12.9. The SMILES string of the molecule is CC(=O)C(F)(F)F.Cc1ccc([C@@H](Oc2ccc(C(=O)O)nc2)C(C)C)cc1. The molecule has 0 aliphatic heterocycles. The number of ether oxygens (including phenoxy) is 1. The van der Waals surface area contributed by atoms with Crippen molar-refractivity contribution >= 4 is 11.8 Å². The maximum Gasteiger partial charge on any atom is 0.449 e. The second-order valence-corrected chi connectivity index (χ2v) is 6.43. The summed E-state index contributed by atoms with van der Waals surface area (Å²) in [5.74, 6) is -1.95. The highest BCUT2D eigenvalue weighted by Gasteiger charge is 2.33. The topological polar surface area (TPSA) is 76.5 Å². The van der Waals surface area contributed by atoms with Gasteiger partial charge < -0.3 is 9.84 Å². The van der Waals surface area contributed by atoms with Gasteiger partial charge in [-0.15, -0.1) is 0 Å². The van der Waals surface area contributed by atoms with Gasteiger partial charge >= 0.3 is 12.1 Å². The summed E-state index contributed by atoms with van der Waals surface area (Å²) in [6.07, 6.45) is -3.28. The Morgan fingerprint density at radius 3 is 1.96 bits per heavy atom. The number of aromatic carboxylic acids is 1. The standard InChI is InChI=1S/C17H19NO3.C3H3F3O/c1-11(2)16(13-6-4-12(3)5-7-13)21-14-8-9-15(17(19)20)18-10-14;1-2(7)3(4,5)6/h4-11,16H,1-3H3,(H,19,20);1H3/t16-;/m0./s1. The van der Waals surface area contributed by atoms with Gasteiger partial charge in [-0.05, 0) is 30.5 Å². The highest BCUT2D eigenvalue weighted by atomic mass is 19.4. The normalized spacial score (nSPS) is 12.0. The van der Waals surface area contributed by atoms with Crippen molar-refractivity contribution in [2.45, 2.75) is 40.0 Å². The van der Waals surface area contributed by atoms with E-state index < -0.39 is 17.9 Å². The number of hydrogen-bond donors (Lipinski definition) is 1. The third-order valence-corrected chi connectivity index (χ3v) is 3.63. The van der Waals surface area contributed by atoms with Crippen LogP contribution in [0.5, 0.6) is 5.75 Å². The molecule has 8 heteroatoms. The number of pyridine rings is 1. The Balaban J connectivity index is 0.000000480. The van der Waals surface area contributed by atoms with E-state index in [0.29, 0.717) is 12.7 Å². The van der Waals surface area contributed by atoms with Crippen LogP contribution in [-0.2, 0) is 4.79 Å². The molecule has 0 spiro atoms. The zero-order valence-corrected chi connectivity index (χ0v) is 15.9. The van der Waals surface area contributed by atoms with Crippen LogP contribution in [0.1, 0.15) is 48.5 Å². The number of ketones is 1. The Morgan fingerprint density at radius 1 is 1.07 bits per heavy atom. The van der Waals surface area contributed by atoms with Gasteiger partial charge in [0.2, 0.25) is 5.78 Å². The molecule has 1 N–H and O–H groups in total. The fourth-order valence-corrected chi connectivity index (χ4v) is 2.07. The molecule has 1 aromatic carbocycles. The molecule has 5 nitrogen and oxygen atoms in total. The maximum absolute atomic E-state index is 10.8. The zero-order valence-electron chi connectivity index (χ0n) is 15.9. The lowest BCUT2D eigenvalue weighted by Gasteiger charge is -2.23. The summed E-state index contributed by atoms with van der Waals surface area (Å²) >= 11 is 0. The molecule has 2 rings (SSSR count). The number of aromatic nitrogens is 1. The molecule has 1 aromatic heterocycles. The molecule has 0 radical (unpaired) electrons. The third kappa shape index (κ3) is 7.38. The van der Waals surface area contributed by atoms with E-state index in [1.807, 2.05) is 6.92 Å². The zero-order chi connectivity index (χ0) is 21.5. The molecule has 1 atom stereocenters. The van der Waals surface area contributed by atoms with Crippen LogP contribution in [0, 0.1) is 12.8 Å². The van der Waals surface area contributed by atoms with Crippen molar-refractivity contribution in [1.29, 1.82) is 0 Å². The average Bonchev–Trinajstić information content (AvgIpc) is 2.60. The van der Waals surface area contributed by atoms with Gasteiger partial charge in [0.25, 0.3) is 0 Å². The van der Waals surface area contributed by atoms with E-state index in [1.165, 1.54) is 17.8 Å². The number of carboxylic acids is 1. The lowest BCUT2D eigenvalue weighted by molar-refractivity contribution is -0.168. The molecule has 28 heavy (non-hydrogen) atoms. The van der Waals surface area contributed by atoms with Crippen LogP contribution < -0.4 is 4.74 Å². The van der Waals surface area contributed by atoms with E-state index in [9.17, 15) is 22.8 Å². The van der Waals surface area contributed by atoms with Gasteiger partial charge in [-0.3, -0.25) is 4.79 Å². The first-order valence-electron chi connectivity index (χ1n) is 8.42. The number of carboxylic acid groups (broad SMARTS) is 1. The van der Waals surface area contributed by atoms with Crippen LogP contribution in [0.4, 0.5) is 13.2 Å². The van der Waals surface area contributed by atoms with E-state index in [0.717, 1.165) is 5.56 Å². The Kier molecular flexibility index (Phi) is 8.16. The molecule has 0 aliphatic rings. The summed E-state index contributed by atoms with van der Waals surface area (Å²) in [5.41, 5.74) is 2.31. The molecule has 2 aromatic rings. The molecule has 0 saturated heterocycles. The quantitative estimate of drug-likeness (QED) is 0.768. The van der Waals surface area contributed by atoms with Gasteiger partial charge in [0.05, 0.1) is 6.20 Å². The Labute approximate surface area is 161 Å². The van der Waals surface area contributed by atoms with Crippen molar-refractivity contribution in [2.24, 2.45) is 5.92 Å². The van der Waals surface area contributed by atoms with Crippen molar-refractivity contribution in [1.82, 2.24) is 4.98 Å². The monoisotopic (exact) mass is 397 g/mol. The van der Waals surface area contributed by atoms with Crippen LogP contribution in [0.3, 0.4) is 0 Å². The number of nitrogens with zero attached hydrogens (tertiary/aromatic N) is 1. The van der Waals surface area contributed by atoms with E-state index in [1.54, 1.807) is 6.07 Å². The largest absolute Gasteiger partial charge is 0.484 e. The second kappa shape index (κ2) is 9.87.